The number of nitrogens with zero attached hydrogens (tertiary/aromatic N) is 2. The molecule has 0 spiro atoms. The van der Waals surface area contributed by atoms with Crippen molar-refractivity contribution in [1.82, 2.24) is 0 Å². The molecular formula is C53H87F2N3O3S2. The standard InChI is InChI=1S/2C10H11NO.C9H11N.C9H8O.2C2H6S.4C2H6.2CH3F.CH4/c2*1-12-11-10-7-6-8-4-2-3-5-9(8)10;2*10-9-6-5-7-3-1-2-4-8(7)9;2*1-3-2;6*1-2;/h2*2-5H,6-7H2,1H3;1-4,9H,5-6,10H2;1-4H,5-6H2;2*1-2H3;4*1-2H3;2*1H3;1H4/b2*11-10+;;;;;;;;;;;. The second kappa shape index (κ2) is 49.0. The first-order valence-corrected chi connectivity index (χ1v) is 25.1. The quantitative estimate of drug-likeness (QED) is 0.202. The van der Waals surface area contributed by atoms with Crippen molar-refractivity contribution in [2.45, 2.75) is 120 Å². The first-order chi connectivity index (χ1) is 30.4. The summed E-state index contributed by atoms with van der Waals surface area (Å²) in [6.45, 7) is 16.0. The zero-order valence-electron chi connectivity index (χ0n) is 41.2. The fraction of sp³-hybridized carbons (Fsp3) is 0.491. The van der Waals surface area contributed by atoms with Gasteiger partial charge in [-0.25, -0.2) is 0 Å². The molecular weight excluding hydrogens is 829 g/mol. The second-order valence-corrected chi connectivity index (χ2v) is 13.6. The molecule has 8 rings (SSSR count). The minimum Gasteiger partial charge on any atom is -0.399 e. The predicted molar refractivity (Wildman–Crippen MR) is 282 cm³/mol. The number of carbonyl (C=O) groups excluding carboxylic acids is 1. The predicted octanol–water partition coefficient (Wildman–Crippen LogP) is 15.3. The monoisotopic (exact) mass is 916 g/mol. The molecule has 0 fully saturated rings. The Balaban J connectivity index is -0.000000211. The number of benzene rings is 4. The minimum atomic E-state index is 0. The van der Waals surface area contributed by atoms with E-state index in [2.05, 4.69) is 71.0 Å². The molecule has 1 atom stereocenters. The van der Waals surface area contributed by atoms with E-state index in [0.29, 0.717) is 32.6 Å². The fourth-order valence-corrected chi connectivity index (χ4v) is 6.21. The summed E-state index contributed by atoms with van der Waals surface area (Å²) in [4.78, 5) is 20.6. The number of rotatable bonds is 2. The van der Waals surface area contributed by atoms with E-state index in [1.807, 2.05) is 117 Å². The van der Waals surface area contributed by atoms with Crippen molar-refractivity contribution in [2.24, 2.45) is 16.0 Å². The number of hydrogen-bond acceptors (Lipinski definition) is 8. The maximum atomic E-state index is 11.1. The maximum Gasteiger partial charge on any atom is 0.163 e. The number of nitrogens with two attached hydrogens (primary N) is 1. The lowest BCUT2D eigenvalue weighted by Crippen LogP contribution is -2.04. The van der Waals surface area contributed by atoms with Gasteiger partial charge in [0.1, 0.15) is 14.2 Å². The van der Waals surface area contributed by atoms with Crippen LogP contribution >= 0.6 is 23.5 Å². The molecule has 0 aliphatic heterocycles. The summed E-state index contributed by atoms with van der Waals surface area (Å²) < 4.78 is 19.0. The number of hydrogen-bond donors (Lipinski definition) is 1. The lowest BCUT2D eigenvalue weighted by atomic mass is 10.1. The van der Waals surface area contributed by atoms with Crippen molar-refractivity contribution < 1.29 is 23.3 Å². The first kappa shape index (κ1) is 68.1. The highest BCUT2D eigenvalue weighted by Crippen LogP contribution is 2.28. The van der Waals surface area contributed by atoms with E-state index >= 15 is 0 Å². The summed E-state index contributed by atoms with van der Waals surface area (Å²) in [6.07, 6.45) is 16.3. The van der Waals surface area contributed by atoms with E-state index in [0.717, 1.165) is 61.9 Å². The summed E-state index contributed by atoms with van der Waals surface area (Å²) in [6, 6.07) is 33.3. The third-order valence-corrected chi connectivity index (χ3v) is 8.44. The van der Waals surface area contributed by atoms with Crippen LogP contribution in [0.1, 0.15) is 144 Å². The Morgan fingerprint density at radius 3 is 1.14 bits per heavy atom. The Bertz CT molecular complexity index is 1640. The van der Waals surface area contributed by atoms with E-state index in [9.17, 15) is 13.6 Å². The number of oxime groups is 2. The molecule has 0 heterocycles. The number of halogens is 2. The van der Waals surface area contributed by atoms with Crippen LogP contribution in [0.25, 0.3) is 0 Å². The Kier molecular flexibility index (Phi) is 53.0. The van der Waals surface area contributed by atoms with Crippen molar-refractivity contribution in [3.63, 3.8) is 0 Å². The van der Waals surface area contributed by atoms with Crippen LogP contribution in [-0.4, -0.2) is 70.8 Å². The third-order valence-electron chi connectivity index (χ3n) is 8.44. The Hall–Kier alpha value is -3.99. The average Bonchev–Trinajstić information content (AvgIpc) is 4.15. The molecule has 2 N–H and O–H groups in total. The molecule has 0 bridgehead atoms. The Morgan fingerprint density at radius 2 is 0.794 bits per heavy atom. The van der Waals surface area contributed by atoms with Crippen LogP contribution < -0.4 is 5.73 Å². The zero-order valence-corrected chi connectivity index (χ0v) is 42.9. The van der Waals surface area contributed by atoms with Gasteiger partial charge in [0, 0.05) is 29.2 Å². The van der Waals surface area contributed by atoms with E-state index in [1.54, 1.807) is 37.7 Å². The van der Waals surface area contributed by atoms with Crippen molar-refractivity contribution in [2.75, 3.05) is 53.6 Å². The summed E-state index contributed by atoms with van der Waals surface area (Å²) in [5.74, 6) is 0.301. The van der Waals surface area contributed by atoms with Gasteiger partial charge in [-0.3, -0.25) is 13.6 Å². The molecule has 0 saturated heterocycles. The van der Waals surface area contributed by atoms with Crippen molar-refractivity contribution in [3.05, 3.63) is 142 Å². The van der Waals surface area contributed by atoms with Gasteiger partial charge >= 0.3 is 0 Å². The van der Waals surface area contributed by atoms with Crippen LogP contribution in [0.3, 0.4) is 0 Å². The van der Waals surface area contributed by atoms with Gasteiger partial charge in [-0.2, -0.15) is 23.5 Å². The maximum absolute atomic E-state index is 11.1. The number of alkyl halides is 2. The molecule has 4 aliphatic rings. The highest BCUT2D eigenvalue weighted by molar-refractivity contribution is 7.98. The zero-order chi connectivity index (χ0) is 48.1. The van der Waals surface area contributed by atoms with Gasteiger partial charge < -0.3 is 15.4 Å². The summed E-state index contributed by atoms with van der Waals surface area (Å²) in [5, 5.41) is 7.96. The van der Waals surface area contributed by atoms with E-state index in [4.69, 9.17) is 15.4 Å². The van der Waals surface area contributed by atoms with Gasteiger partial charge in [-0.05, 0) is 97.8 Å². The smallest absolute Gasteiger partial charge is 0.163 e. The summed E-state index contributed by atoms with van der Waals surface area (Å²) >= 11 is 3.50. The molecule has 0 radical (unpaired) electrons. The minimum absolute atomic E-state index is 0. The molecule has 10 heteroatoms. The number of ketones is 1. The lowest BCUT2D eigenvalue weighted by Gasteiger charge is -2.01. The first-order valence-electron chi connectivity index (χ1n) is 21.8. The molecule has 63 heavy (non-hydrogen) atoms. The van der Waals surface area contributed by atoms with E-state index in [-0.39, 0.29) is 7.43 Å². The van der Waals surface area contributed by atoms with Crippen LogP contribution in [0.4, 0.5) is 8.78 Å². The average molecular weight is 916 g/mol. The number of carbonyl (C=O) groups is 1. The fourth-order valence-electron chi connectivity index (χ4n) is 6.21. The number of aryl methyl sites for hydroxylation is 4. The molecule has 6 nitrogen and oxygen atoms in total. The van der Waals surface area contributed by atoms with Crippen LogP contribution in [0.2, 0.25) is 0 Å². The molecule has 4 aliphatic carbocycles. The van der Waals surface area contributed by atoms with Crippen LogP contribution in [-0.2, 0) is 35.4 Å². The van der Waals surface area contributed by atoms with Gasteiger partial charge in [0.05, 0.1) is 25.8 Å². The summed E-state index contributed by atoms with van der Waals surface area (Å²) in [5.41, 5.74) is 18.2. The molecule has 0 amide bonds. The van der Waals surface area contributed by atoms with Gasteiger partial charge in [0.2, 0.25) is 0 Å². The van der Waals surface area contributed by atoms with Gasteiger partial charge in [0.25, 0.3) is 0 Å². The molecule has 1 unspecified atom stereocenters. The number of Topliss-reactive ketones (excluding diaryl/α,β-unsaturated/α-hetero) is 1. The van der Waals surface area contributed by atoms with Crippen molar-refractivity contribution in [3.8, 4) is 0 Å². The van der Waals surface area contributed by atoms with E-state index in [1.165, 1.54) is 38.9 Å². The molecule has 358 valence electrons. The topological polar surface area (TPSA) is 86.3 Å². The Labute approximate surface area is 393 Å². The van der Waals surface area contributed by atoms with Crippen molar-refractivity contribution in [1.29, 1.82) is 0 Å². The molecule has 4 aromatic rings. The highest BCUT2D eigenvalue weighted by Gasteiger charge is 2.19. The lowest BCUT2D eigenvalue weighted by molar-refractivity contribution is 0.0994. The largest absolute Gasteiger partial charge is 0.399 e. The SMILES string of the molecule is C.CC.CC.CC.CC.CF.CF.CO/N=C1\CCc2ccccc21.CO/N=C1\CCc2ccccc21.CSC.CSC.NC1CCc2ccccc21.O=C1CCc2ccccc21. The number of fused-ring (bicyclic) bond motifs is 4. The van der Waals surface area contributed by atoms with E-state index < -0.39 is 0 Å². The molecule has 0 aromatic heterocycles. The van der Waals surface area contributed by atoms with Crippen LogP contribution in [0, 0.1) is 0 Å². The van der Waals surface area contributed by atoms with Gasteiger partial charge in [-0.15, -0.1) is 0 Å². The van der Waals surface area contributed by atoms with Gasteiger partial charge in [0.15, 0.2) is 5.78 Å². The third kappa shape index (κ3) is 27.1. The summed E-state index contributed by atoms with van der Waals surface area (Å²) in [7, 11) is 4.18. The Morgan fingerprint density at radius 1 is 0.492 bits per heavy atom. The van der Waals surface area contributed by atoms with Crippen LogP contribution in [0.5, 0.6) is 0 Å². The molecule has 0 saturated carbocycles. The van der Waals surface area contributed by atoms with Gasteiger partial charge in [-0.1, -0.05) is 170 Å². The normalized spacial score (nSPS) is 14.0. The van der Waals surface area contributed by atoms with Crippen molar-refractivity contribution >= 4 is 40.7 Å². The highest BCUT2D eigenvalue weighted by atomic mass is 32.2. The number of thioether (sulfide) groups is 2. The molecule has 4 aromatic carbocycles. The second-order valence-electron chi connectivity index (χ2n) is 12.0. The van der Waals surface area contributed by atoms with Crippen LogP contribution in [0.15, 0.2) is 107 Å².